The number of benzene rings is 1. The molecule has 0 bridgehead atoms. The Morgan fingerprint density at radius 3 is 2.65 bits per heavy atom. The molecule has 4 nitrogen and oxygen atoms in total. The number of hydrogen-bond donors (Lipinski definition) is 1. The first kappa shape index (κ1) is 17.3. The highest BCUT2D eigenvalue weighted by Crippen LogP contribution is 2.27. The van der Waals surface area contributed by atoms with Gasteiger partial charge in [-0.25, -0.2) is 4.98 Å². The molecule has 0 aliphatic carbocycles. The fourth-order valence-corrected chi connectivity index (χ4v) is 3.00. The van der Waals surface area contributed by atoms with Gasteiger partial charge in [-0.05, 0) is 51.8 Å². The second kappa shape index (κ2) is 6.59. The summed E-state index contributed by atoms with van der Waals surface area (Å²) >= 11 is 1.30. The van der Waals surface area contributed by atoms with Gasteiger partial charge in [0.25, 0.3) is 0 Å². The van der Waals surface area contributed by atoms with Crippen molar-refractivity contribution in [1.82, 2.24) is 10.3 Å². The van der Waals surface area contributed by atoms with Crippen molar-refractivity contribution in [3.8, 4) is 6.07 Å². The largest absolute Gasteiger partial charge is 0.351 e. The van der Waals surface area contributed by atoms with Gasteiger partial charge in [0.2, 0.25) is 5.91 Å². The van der Waals surface area contributed by atoms with E-state index in [2.05, 4.69) is 16.4 Å². The normalized spacial score (nSPS) is 11.3. The number of hydrogen-bond acceptors (Lipinski definition) is 4. The predicted molar refractivity (Wildman–Crippen MR) is 94.6 cm³/mol. The first-order chi connectivity index (χ1) is 10.7. The van der Waals surface area contributed by atoms with Gasteiger partial charge in [-0.1, -0.05) is 23.9 Å². The molecule has 0 atom stereocenters. The molecule has 0 radical (unpaired) electrons. The lowest BCUT2D eigenvalue weighted by molar-refractivity contribution is -0.119. The van der Waals surface area contributed by atoms with E-state index < -0.39 is 0 Å². The number of rotatable bonds is 3. The number of nitrogens with one attached hydrogen (secondary N) is 1. The third-order valence-electron chi connectivity index (χ3n) is 3.45. The summed E-state index contributed by atoms with van der Waals surface area (Å²) in [6.07, 6.45) is 0. The fourth-order valence-electron chi connectivity index (χ4n) is 2.24. The third-order valence-corrected chi connectivity index (χ3v) is 4.44. The highest BCUT2D eigenvalue weighted by molar-refractivity contribution is 8.00. The Balaban J connectivity index is 2.31. The van der Waals surface area contributed by atoms with E-state index in [1.165, 1.54) is 11.8 Å². The number of thioether (sulfide) groups is 1. The lowest BCUT2D eigenvalue weighted by Crippen LogP contribution is -2.41. The van der Waals surface area contributed by atoms with E-state index in [0.717, 1.165) is 22.0 Å². The fraction of sp³-hybridized carbons (Fsp3) is 0.389. The van der Waals surface area contributed by atoms with Crippen molar-refractivity contribution in [2.24, 2.45) is 0 Å². The van der Waals surface area contributed by atoms with Crippen molar-refractivity contribution in [3.05, 3.63) is 34.9 Å². The van der Waals surface area contributed by atoms with E-state index in [1.807, 2.05) is 52.8 Å². The van der Waals surface area contributed by atoms with Crippen LogP contribution in [0.3, 0.4) is 0 Å². The van der Waals surface area contributed by atoms with Crippen LogP contribution in [0.4, 0.5) is 0 Å². The first-order valence-electron chi connectivity index (χ1n) is 7.46. The Labute approximate surface area is 141 Å². The first-order valence-corrected chi connectivity index (χ1v) is 8.44. The van der Waals surface area contributed by atoms with E-state index in [0.29, 0.717) is 10.6 Å². The third kappa shape index (κ3) is 4.23. The van der Waals surface area contributed by atoms with Crippen LogP contribution in [0.1, 0.15) is 37.5 Å². The molecule has 5 heteroatoms. The summed E-state index contributed by atoms with van der Waals surface area (Å²) in [5, 5.41) is 13.8. The molecule has 1 heterocycles. The summed E-state index contributed by atoms with van der Waals surface area (Å²) in [6, 6.07) is 8.04. The molecule has 2 aromatic rings. The molecule has 1 aromatic heterocycles. The van der Waals surface area contributed by atoms with Crippen molar-refractivity contribution >= 4 is 28.6 Å². The van der Waals surface area contributed by atoms with E-state index in [9.17, 15) is 10.1 Å². The van der Waals surface area contributed by atoms with Crippen LogP contribution in [0.25, 0.3) is 10.9 Å². The number of aromatic nitrogens is 1. The molecule has 0 saturated carbocycles. The van der Waals surface area contributed by atoms with Crippen molar-refractivity contribution in [3.63, 3.8) is 0 Å². The lowest BCUT2D eigenvalue weighted by atomic mass is 10.0. The summed E-state index contributed by atoms with van der Waals surface area (Å²) in [6.45, 7) is 9.89. The van der Waals surface area contributed by atoms with Crippen LogP contribution in [0.5, 0.6) is 0 Å². The summed E-state index contributed by atoms with van der Waals surface area (Å²) in [5.41, 5.74) is 3.40. The maximum Gasteiger partial charge on any atom is 0.230 e. The van der Waals surface area contributed by atoms with Gasteiger partial charge in [-0.3, -0.25) is 4.79 Å². The van der Waals surface area contributed by atoms with Crippen LogP contribution in [0, 0.1) is 25.2 Å². The van der Waals surface area contributed by atoms with Gasteiger partial charge in [0, 0.05) is 10.9 Å². The number of carbonyl (C=O) groups excluding carboxylic acids is 1. The summed E-state index contributed by atoms with van der Waals surface area (Å²) in [4.78, 5) is 16.6. The average Bonchev–Trinajstić information content (AvgIpc) is 2.46. The van der Waals surface area contributed by atoms with Gasteiger partial charge < -0.3 is 5.32 Å². The zero-order valence-corrected chi connectivity index (χ0v) is 15.0. The molecule has 0 aliphatic rings. The van der Waals surface area contributed by atoms with Gasteiger partial charge in [0.1, 0.15) is 11.1 Å². The minimum absolute atomic E-state index is 0.0609. The molecule has 0 aliphatic heterocycles. The van der Waals surface area contributed by atoms with E-state index >= 15 is 0 Å². The van der Waals surface area contributed by atoms with E-state index in [-0.39, 0.29) is 17.2 Å². The van der Waals surface area contributed by atoms with Gasteiger partial charge in [-0.15, -0.1) is 0 Å². The Hall–Kier alpha value is -2.06. The minimum Gasteiger partial charge on any atom is -0.351 e. The zero-order chi connectivity index (χ0) is 17.2. The molecule has 1 aromatic carbocycles. The molecular formula is C18H21N3OS. The number of pyridine rings is 1. The van der Waals surface area contributed by atoms with Crippen molar-refractivity contribution < 1.29 is 4.79 Å². The molecule has 0 saturated heterocycles. The van der Waals surface area contributed by atoms with E-state index in [1.54, 1.807) is 0 Å². The average molecular weight is 327 g/mol. The standard InChI is InChI=1S/C18H21N3OS/c1-11-6-7-13-8-14(9-19)17(20-16(13)12(11)2)23-10-15(22)21-18(3,4)5/h6-8H,10H2,1-5H3,(H,21,22). The smallest absolute Gasteiger partial charge is 0.230 e. The van der Waals surface area contributed by atoms with Crippen LogP contribution in [-0.2, 0) is 4.79 Å². The molecule has 1 amide bonds. The molecule has 1 N–H and O–H groups in total. The summed E-state index contributed by atoms with van der Waals surface area (Å²) in [7, 11) is 0. The Kier molecular flexibility index (Phi) is 4.96. The Morgan fingerprint density at radius 1 is 1.35 bits per heavy atom. The van der Waals surface area contributed by atoms with Crippen molar-refractivity contribution in [2.45, 2.75) is 45.2 Å². The summed E-state index contributed by atoms with van der Waals surface area (Å²) in [5.74, 6) is 0.184. The van der Waals surface area contributed by atoms with E-state index in [4.69, 9.17) is 0 Å². The predicted octanol–water partition coefficient (Wildman–Crippen LogP) is 3.73. The molecule has 120 valence electrons. The van der Waals surface area contributed by atoms with Crippen LogP contribution >= 0.6 is 11.8 Å². The zero-order valence-electron chi connectivity index (χ0n) is 14.2. The van der Waals surface area contributed by atoms with Crippen molar-refractivity contribution in [1.29, 1.82) is 5.26 Å². The molecule has 0 unspecified atom stereocenters. The molecule has 23 heavy (non-hydrogen) atoms. The number of aryl methyl sites for hydroxylation is 2. The topological polar surface area (TPSA) is 65.8 Å². The maximum absolute atomic E-state index is 12.0. The number of carbonyl (C=O) groups is 1. The van der Waals surface area contributed by atoms with Gasteiger partial charge in [0.05, 0.1) is 16.8 Å². The number of amides is 1. The summed E-state index contributed by atoms with van der Waals surface area (Å²) < 4.78 is 0. The maximum atomic E-state index is 12.0. The minimum atomic E-state index is -0.264. The molecule has 0 spiro atoms. The van der Waals surface area contributed by atoms with Crippen LogP contribution in [-0.4, -0.2) is 22.2 Å². The second-order valence-electron chi connectivity index (χ2n) is 6.62. The van der Waals surface area contributed by atoms with Crippen LogP contribution < -0.4 is 5.32 Å². The lowest BCUT2D eigenvalue weighted by Gasteiger charge is -2.20. The molecular weight excluding hydrogens is 306 g/mol. The molecule has 2 rings (SSSR count). The number of nitrogens with zero attached hydrogens (tertiary/aromatic N) is 2. The van der Waals surface area contributed by atoms with Crippen molar-refractivity contribution in [2.75, 3.05) is 5.75 Å². The monoisotopic (exact) mass is 327 g/mol. The highest BCUT2D eigenvalue weighted by Gasteiger charge is 2.16. The van der Waals surface area contributed by atoms with Crippen LogP contribution in [0.2, 0.25) is 0 Å². The van der Waals surface area contributed by atoms with Gasteiger partial charge >= 0.3 is 0 Å². The Morgan fingerprint density at radius 2 is 2.04 bits per heavy atom. The second-order valence-corrected chi connectivity index (χ2v) is 7.58. The number of nitriles is 1. The van der Waals surface area contributed by atoms with Gasteiger partial charge in [0.15, 0.2) is 0 Å². The quantitative estimate of drug-likeness (QED) is 0.872. The Bertz CT molecular complexity index is 800. The SMILES string of the molecule is Cc1ccc2cc(C#N)c(SCC(=O)NC(C)(C)C)nc2c1C. The van der Waals surface area contributed by atoms with Crippen LogP contribution in [0.15, 0.2) is 23.2 Å². The number of fused-ring (bicyclic) bond motifs is 1. The molecule has 0 fully saturated rings. The highest BCUT2D eigenvalue weighted by atomic mass is 32.2. The van der Waals surface area contributed by atoms with Gasteiger partial charge in [-0.2, -0.15) is 5.26 Å².